The fraction of sp³-hybridized carbons (Fsp3) is 0.417. The van der Waals surface area contributed by atoms with Crippen LogP contribution in [0.3, 0.4) is 0 Å². The molecular weight excluding hydrogens is 221 g/mol. The Labute approximate surface area is 101 Å². The summed E-state index contributed by atoms with van der Waals surface area (Å²) >= 11 is 0. The van der Waals surface area contributed by atoms with Gasteiger partial charge >= 0.3 is 0 Å². The van der Waals surface area contributed by atoms with Gasteiger partial charge < -0.3 is 16.0 Å². The third kappa shape index (κ3) is 4.03. The maximum atomic E-state index is 12.8. The van der Waals surface area contributed by atoms with Gasteiger partial charge in [0, 0.05) is 19.3 Å². The van der Waals surface area contributed by atoms with Gasteiger partial charge in [0.1, 0.15) is 11.9 Å². The summed E-state index contributed by atoms with van der Waals surface area (Å²) in [6, 6.07) is 5.70. The number of primary amides is 1. The molecule has 0 bridgehead atoms. The Hall–Kier alpha value is -1.62. The summed E-state index contributed by atoms with van der Waals surface area (Å²) in [6.45, 7) is 3.04. The summed E-state index contributed by atoms with van der Waals surface area (Å²) < 4.78 is 12.8. The van der Waals surface area contributed by atoms with E-state index >= 15 is 0 Å². The van der Waals surface area contributed by atoms with E-state index in [-0.39, 0.29) is 11.7 Å². The van der Waals surface area contributed by atoms with Crippen molar-refractivity contribution in [1.29, 1.82) is 0 Å². The van der Waals surface area contributed by atoms with Crippen LogP contribution >= 0.6 is 0 Å². The van der Waals surface area contributed by atoms with Gasteiger partial charge in [-0.25, -0.2) is 4.39 Å². The van der Waals surface area contributed by atoms with Crippen LogP contribution in [0.2, 0.25) is 0 Å². The third-order valence-electron chi connectivity index (χ3n) is 2.52. The Morgan fingerprint density at radius 1 is 1.47 bits per heavy atom. The highest BCUT2D eigenvalue weighted by Crippen LogP contribution is 2.13. The zero-order valence-corrected chi connectivity index (χ0v) is 10.1. The zero-order valence-electron chi connectivity index (χ0n) is 10.1. The van der Waals surface area contributed by atoms with Gasteiger partial charge in [0.25, 0.3) is 0 Å². The van der Waals surface area contributed by atoms with Gasteiger partial charge in [-0.3, -0.25) is 4.79 Å². The zero-order chi connectivity index (χ0) is 12.8. The van der Waals surface area contributed by atoms with Crippen LogP contribution < -0.4 is 16.0 Å². The number of anilines is 1. The van der Waals surface area contributed by atoms with Crippen molar-refractivity contribution in [1.82, 2.24) is 5.32 Å². The lowest BCUT2D eigenvalue weighted by atomic mass is 10.2. The van der Waals surface area contributed by atoms with Crippen LogP contribution in [0.5, 0.6) is 0 Å². The quantitative estimate of drug-likeness (QED) is 0.769. The van der Waals surface area contributed by atoms with E-state index < -0.39 is 6.04 Å². The Bertz CT molecular complexity index is 367. The molecule has 0 fully saturated rings. The van der Waals surface area contributed by atoms with Gasteiger partial charge in [0.2, 0.25) is 5.91 Å². The van der Waals surface area contributed by atoms with E-state index in [0.29, 0.717) is 13.1 Å². The summed E-state index contributed by atoms with van der Waals surface area (Å²) in [5.41, 5.74) is 6.13. The molecule has 17 heavy (non-hydrogen) atoms. The molecule has 0 saturated carbocycles. The van der Waals surface area contributed by atoms with Crippen LogP contribution in [-0.2, 0) is 4.79 Å². The van der Waals surface area contributed by atoms with Gasteiger partial charge in [0.05, 0.1) is 0 Å². The van der Waals surface area contributed by atoms with Crippen LogP contribution in [0.4, 0.5) is 10.1 Å². The normalized spacial score (nSPS) is 12.2. The number of halogens is 1. The van der Waals surface area contributed by atoms with Crippen molar-refractivity contribution in [3.05, 3.63) is 30.1 Å². The highest BCUT2D eigenvalue weighted by atomic mass is 19.1. The lowest BCUT2D eigenvalue weighted by Crippen LogP contribution is -2.48. The molecule has 0 radical (unpaired) electrons. The van der Waals surface area contributed by atoms with Gasteiger partial charge in [-0.05, 0) is 30.8 Å². The molecule has 0 saturated heterocycles. The molecule has 0 heterocycles. The van der Waals surface area contributed by atoms with Gasteiger partial charge in [-0.2, -0.15) is 0 Å². The number of nitrogens with two attached hydrogens (primary N) is 1. The van der Waals surface area contributed by atoms with Crippen molar-refractivity contribution in [3.8, 4) is 0 Å². The van der Waals surface area contributed by atoms with Crippen molar-refractivity contribution >= 4 is 11.6 Å². The van der Waals surface area contributed by atoms with E-state index in [4.69, 9.17) is 5.73 Å². The fourth-order valence-electron chi connectivity index (χ4n) is 1.58. The lowest BCUT2D eigenvalue weighted by molar-refractivity contribution is -0.119. The summed E-state index contributed by atoms with van der Waals surface area (Å²) in [5, 5.41) is 3.00. The summed E-state index contributed by atoms with van der Waals surface area (Å²) in [6.07, 6.45) is 0. The second-order valence-electron chi connectivity index (χ2n) is 3.87. The average Bonchev–Trinajstić information content (AvgIpc) is 2.29. The van der Waals surface area contributed by atoms with E-state index in [2.05, 4.69) is 5.32 Å². The minimum absolute atomic E-state index is 0.278. The molecule has 0 spiro atoms. The number of amides is 1. The molecule has 4 nitrogen and oxygen atoms in total. The van der Waals surface area contributed by atoms with Crippen LogP contribution in [-0.4, -0.2) is 32.1 Å². The van der Waals surface area contributed by atoms with E-state index in [1.165, 1.54) is 12.1 Å². The molecule has 1 unspecified atom stereocenters. The standard InChI is InChI=1S/C12H18FN3O/c1-3-15-11(12(14)17)8-16(2)10-6-4-9(13)5-7-10/h4-7,11,15H,3,8H2,1-2H3,(H2,14,17). The monoisotopic (exact) mass is 239 g/mol. The molecule has 0 aliphatic rings. The van der Waals surface area contributed by atoms with Crippen LogP contribution in [0, 0.1) is 5.82 Å². The number of carbonyl (C=O) groups excluding carboxylic acids is 1. The van der Waals surface area contributed by atoms with Crippen molar-refractivity contribution < 1.29 is 9.18 Å². The first-order chi connectivity index (χ1) is 8.04. The summed E-state index contributed by atoms with van der Waals surface area (Å²) in [5.74, 6) is -0.666. The Balaban J connectivity index is 2.66. The van der Waals surface area contributed by atoms with Gasteiger partial charge in [-0.15, -0.1) is 0 Å². The highest BCUT2D eigenvalue weighted by molar-refractivity contribution is 5.80. The molecule has 3 N–H and O–H groups in total. The van der Waals surface area contributed by atoms with E-state index in [9.17, 15) is 9.18 Å². The third-order valence-corrected chi connectivity index (χ3v) is 2.52. The molecule has 1 rings (SSSR count). The SMILES string of the molecule is CCNC(CN(C)c1ccc(F)cc1)C(N)=O. The van der Waals surface area contributed by atoms with Gasteiger partial charge in [-0.1, -0.05) is 6.92 Å². The van der Waals surface area contributed by atoms with E-state index in [0.717, 1.165) is 5.69 Å². The predicted octanol–water partition coefficient (Wildman–Crippen LogP) is 0.725. The molecule has 5 heteroatoms. The minimum atomic E-state index is -0.407. The fourth-order valence-corrected chi connectivity index (χ4v) is 1.58. The number of nitrogens with one attached hydrogen (secondary N) is 1. The number of likely N-dealkylation sites (N-methyl/N-ethyl adjacent to an activating group) is 2. The van der Waals surface area contributed by atoms with Crippen molar-refractivity contribution in [2.75, 3.05) is 25.0 Å². The molecule has 1 atom stereocenters. The van der Waals surface area contributed by atoms with E-state index in [1.54, 1.807) is 12.1 Å². The molecule has 0 aliphatic heterocycles. The summed E-state index contributed by atoms with van der Waals surface area (Å²) in [7, 11) is 1.83. The maximum Gasteiger partial charge on any atom is 0.236 e. The van der Waals surface area contributed by atoms with Crippen LogP contribution in [0.15, 0.2) is 24.3 Å². The molecule has 1 amide bonds. The largest absolute Gasteiger partial charge is 0.372 e. The Morgan fingerprint density at radius 3 is 2.53 bits per heavy atom. The number of hydrogen-bond donors (Lipinski definition) is 2. The van der Waals surface area contributed by atoms with Crippen molar-refractivity contribution in [2.45, 2.75) is 13.0 Å². The Morgan fingerprint density at radius 2 is 2.06 bits per heavy atom. The van der Waals surface area contributed by atoms with Crippen molar-refractivity contribution in [2.24, 2.45) is 5.73 Å². The average molecular weight is 239 g/mol. The van der Waals surface area contributed by atoms with Crippen molar-refractivity contribution in [3.63, 3.8) is 0 Å². The number of hydrogen-bond acceptors (Lipinski definition) is 3. The molecule has 1 aromatic rings. The second-order valence-corrected chi connectivity index (χ2v) is 3.87. The van der Waals surface area contributed by atoms with Gasteiger partial charge in [0.15, 0.2) is 0 Å². The molecular formula is C12H18FN3O. The summed E-state index contributed by atoms with van der Waals surface area (Å²) in [4.78, 5) is 13.0. The first-order valence-corrected chi connectivity index (χ1v) is 5.54. The van der Waals surface area contributed by atoms with Crippen LogP contribution in [0.1, 0.15) is 6.92 Å². The number of benzene rings is 1. The maximum absolute atomic E-state index is 12.8. The first-order valence-electron chi connectivity index (χ1n) is 5.54. The predicted molar refractivity (Wildman–Crippen MR) is 66.3 cm³/mol. The second kappa shape index (κ2) is 6.20. The molecule has 0 aromatic heterocycles. The number of rotatable bonds is 6. The smallest absolute Gasteiger partial charge is 0.236 e. The topological polar surface area (TPSA) is 58.4 Å². The number of nitrogens with zero attached hydrogens (tertiary/aromatic N) is 1. The number of carbonyl (C=O) groups is 1. The van der Waals surface area contributed by atoms with E-state index in [1.807, 2.05) is 18.9 Å². The molecule has 0 aliphatic carbocycles. The highest BCUT2D eigenvalue weighted by Gasteiger charge is 2.16. The van der Waals surface area contributed by atoms with Crippen LogP contribution in [0.25, 0.3) is 0 Å². The lowest BCUT2D eigenvalue weighted by Gasteiger charge is -2.24. The minimum Gasteiger partial charge on any atom is -0.372 e. The Kier molecular flexibility index (Phi) is 4.90. The molecule has 94 valence electrons. The first kappa shape index (κ1) is 13.4. The molecule has 1 aromatic carbocycles.